The van der Waals surface area contributed by atoms with Crippen LogP contribution >= 0.6 is 0 Å². The number of nitrogens with zero attached hydrogens (tertiary/aromatic N) is 2. The Morgan fingerprint density at radius 3 is 2.41 bits per heavy atom. The maximum absolute atomic E-state index is 12.6. The van der Waals surface area contributed by atoms with Gasteiger partial charge in [0.05, 0.1) is 6.54 Å². The predicted octanol–water partition coefficient (Wildman–Crippen LogP) is 2.40. The Balaban J connectivity index is 1.41. The molecule has 0 aromatic heterocycles. The van der Waals surface area contributed by atoms with E-state index in [4.69, 9.17) is 4.74 Å². The molecule has 3 rings (SSSR count). The number of amides is 5. The van der Waals surface area contributed by atoms with Crippen LogP contribution in [0, 0.1) is 0 Å². The predicted molar refractivity (Wildman–Crippen MR) is 118 cm³/mol. The van der Waals surface area contributed by atoms with Crippen LogP contribution in [0.5, 0.6) is 0 Å². The molecule has 2 fully saturated rings. The highest BCUT2D eigenvalue weighted by Crippen LogP contribution is 2.18. The third-order valence-electron chi connectivity index (χ3n) is 5.51. The summed E-state index contributed by atoms with van der Waals surface area (Å²) < 4.78 is 5.27. The number of carbonyl (C=O) groups is 4. The van der Waals surface area contributed by atoms with Gasteiger partial charge in [-0.1, -0.05) is 30.3 Å². The summed E-state index contributed by atoms with van der Waals surface area (Å²) in [6.45, 7) is 6.72. The Morgan fingerprint density at radius 2 is 1.78 bits per heavy atom. The van der Waals surface area contributed by atoms with Gasteiger partial charge >= 0.3 is 12.1 Å². The first-order valence-electron chi connectivity index (χ1n) is 11.1. The number of hydrogen-bond donors (Lipinski definition) is 2. The fraction of sp³-hybridized carbons (Fsp3) is 0.565. The number of nitrogens with one attached hydrogen (secondary N) is 2. The maximum Gasteiger partial charge on any atom is 0.407 e. The summed E-state index contributed by atoms with van der Waals surface area (Å²) in [5, 5.41) is 5.54. The molecular weight excluding hydrogens is 412 g/mol. The molecule has 0 unspecified atom stereocenters. The van der Waals surface area contributed by atoms with Crippen molar-refractivity contribution >= 4 is 23.9 Å². The van der Waals surface area contributed by atoms with Gasteiger partial charge in [-0.2, -0.15) is 0 Å². The minimum Gasteiger partial charge on any atom is -0.444 e. The quantitative estimate of drug-likeness (QED) is 0.655. The van der Waals surface area contributed by atoms with Crippen molar-refractivity contribution in [3.05, 3.63) is 35.9 Å². The van der Waals surface area contributed by atoms with E-state index in [1.807, 2.05) is 51.1 Å². The minimum absolute atomic E-state index is 0.0313. The number of urea groups is 1. The first-order chi connectivity index (χ1) is 15.1. The van der Waals surface area contributed by atoms with E-state index in [1.165, 1.54) is 4.90 Å². The fourth-order valence-corrected chi connectivity index (χ4v) is 3.86. The monoisotopic (exact) mass is 444 g/mol. The molecule has 1 aromatic rings. The average Bonchev–Trinajstić information content (AvgIpc) is 2.99. The molecule has 0 saturated carbocycles. The highest BCUT2D eigenvalue weighted by Gasteiger charge is 2.38. The van der Waals surface area contributed by atoms with Crippen molar-refractivity contribution < 1.29 is 23.9 Å². The first-order valence-corrected chi connectivity index (χ1v) is 11.1. The van der Waals surface area contributed by atoms with Gasteiger partial charge in [-0.25, -0.2) is 9.59 Å². The molecule has 2 heterocycles. The summed E-state index contributed by atoms with van der Waals surface area (Å²) in [7, 11) is 0. The number of hydrogen-bond acceptors (Lipinski definition) is 5. The topological polar surface area (TPSA) is 108 Å². The third-order valence-corrected chi connectivity index (χ3v) is 5.51. The van der Waals surface area contributed by atoms with Crippen LogP contribution in [0.3, 0.4) is 0 Å². The van der Waals surface area contributed by atoms with Crippen LogP contribution in [0.1, 0.15) is 52.0 Å². The van der Waals surface area contributed by atoms with Gasteiger partial charge in [-0.15, -0.1) is 0 Å². The Bertz CT molecular complexity index is 844. The third kappa shape index (κ3) is 6.45. The Labute approximate surface area is 188 Å². The Kier molecular flexibility index (Phi) is 7.37. The highest BCUT2D eigenvalue weighted by atomic mass is 16.6. The van der Waals surface area contributed by atoms with E-state index >= 15 is 0 Å². The van der Waals surface area contributed by atoms with Gasteiger partial charge in [0.25, 0.3) is 5.91 Å². The van der Waals surface area contributed by atoms with Crippen molar-refractivity contribution in [1.82, 2.24) is 20.4 Å². The van der Waals surface area contributed by atoms with Gasteiger partial charge in [0.2, 0.25) is 5.91 Å². The van der Waals surface area contributed by atoms with Crippen molar-refractivity contribution in [3.8, 4) is 0 Å². The van der Waals surface area contributed by atoms with Crippen molar-refractivity contribution in [2.24, 2.45) is 0 Å². The lowest BCUT2D eigenvalue weighted by molar-refractivity contribution is -0.132. The van der Waals surface area contributed by atoms with Crippen LogP contribution in [-0.4, -0.2) is 64.5 Å². The van der Waals surface area contributed by atoms with E-state index in [9.17, 15) is 19.2 Å². The standard InChI is InChI=1S/C23H32N4O5/c1-23(2,3)32-22(31)24-17-11-13-26(14-12-17)19(28)10-9-18-20(29)27(21(30)25-18)15-16-7-5-4-6-8-16/h4-8,17-18H,9-15H2,1-3H3,(H,24,31)(H,25,30)/t18-/m1/s1. The lowest BCUT2D eigenvalue weighted by atomic mass is 10.0. The zero-order valence-corrected chi connectivity index (χ0v) is 18.9. The fourth-order valence-electron chi connectivity index (χ4n) is 3.86. The summed E-state index contributed by atoms with van der Waals surface area (Å²) in [6, 6.07) is 8.17. The summed E-state index contributed by atoms with van der Waals surface area (Å²) in [4.78, 5) is 52.3. The van der Waals surface area contributed by atoms with Gasteiger partial charge in [-0.3, -0.25) is 14.5 Å². The van der Waals surface area contributed by atoms with Crippen LogP contribution in [0.15, 0.2) is 30.3 Å². The van der Waals surface area contributed by atoms with Gasteiger partial charge < -0.3 is 20.3 Å². The summed E-state index contributed by atoms with van der Waals surface area (Å²) in [6.07, 6.45) is 1.30. The number of ether oxygens (including phenoxy) is 1. The molecule has 0 spiro atoms. The Morgan fingerprint density at radius 1 is 1.12 bits per heavy atom. The number of alkyl carbamates (subject to hydrolysis) is 1. The molecule has 174 valence electrons. The van der Waals surface area contributed by atoms with E-state index in [0.717, 1.165) is 5.56 Å². The van der Waals surface area contributed by atoms with Crippen LogP contribution < -0.4 is 10.6 Å². The number of carbonyl (C=O) groups excluding carboxylic acids is 4. The van der Waals surface area contributed by atoms with Crippen molar-refractivity contribution in [3.63, 3.8) is 0 Å². The Hall–Kier alpha value is -3.10. The van der Waals surface area contributed by atoms with Crippen molar-refractivity contribution in [1.29, 1.82) is 0 Å². The molecule has 2 N–H and O–H groups in total. The highest BCUT2D eigenvalue weighted by molar-refractivity contribution is 6.04. The van der Waals surface area contributed by atoms with Crippen LogP contribution in [-0.2, 0) is 20.9 Å². The average molecular weight is 445 g/mol. The summed E-state index contributed by atoms with van der Waals surface area (Å²) in [5.74, 6) is -0.351. The molecule has 1 atom stereocenters. The summed E-state index contributed by atoms with van der Waals surface area (Å²) in [5.41, 5.74) is 0.320. The van der Waals surface area contributed by atoms with Gasteiger partial charge in [0.15, 0.2) is 0 Å². The molecular formula is C23H32N4O5. The van der Waals surface area contributed by atoms with E-state index in [0.29, 0.717) is 25.9 Å². The number of rotatable bonds is 6. The van der Waals surface area contributed by atoms with Crippen LogP contribution in [0.25, 0.3) is 0 Å². The second kappa shape index (κ2) is 10.0. The van der Waals surface area contributed by atoms with E-state index < -0.39 is 23.8 Å². The first kappa shape index (κ1) is 23.6. The molecule has 9 heteroatoms. The zero-order valence-electron chi connectivity index (χ0n) is 18.9. The summed E-state index contributed by atoms with van der Waals surface area (Å²) >= 11 is 0. The second-order valence-corrected chi connectivity index (χ2v) is 9.25. The maximum atomic E-state index is 12.6. The lowest BCUT2D eigenvalue weighted by Gasteiger charge is -2.33. The normalized spacial score (nSPS) is 19.7. The molecule has 1 aromatic carbocycles. The smallest absolute Gasteiger partial charge is 0.407 e. The van der Waals surface area contributed by atoms with Gasteiger partial charge in [0, 0.05) is 25.6 Å². The number of imide groups is 1. The number of likely N-dealkylation sites (tertiary alicyclic amines) is 1. The zero-order chi connectivity index (χ0) is 23.3. The molecule has 0 radical (unpaired) electrons. The molecule has 0 bridgehead atoms. The molecule has 9 nitrogen and oxygen atoms in total. The molecule has 0 aliphatic carbocycles. The lowest BCUT2D eigenvalue weighted by Crippen LogP contribution is -2.47. The van der Waals surface area contributed by atoms with Crippen LogP contribution in [0.4, 0.5) is 9.59 Å². The van der Waals surface area contributed by atoms with E-state index in [1.54, 1.807) is 4.90 Å². The van der Waals surface area contributed by atoms with Gasteiger partial charge in [-0.05, 0) is 45.6 Å². The van der Waals surface area contributed by atoms with E-state index in [-0.39, 0.29) is 37.2 Å². The molecule has 5 amide bonds. The minimum atomic E-state index is -0.679. The molecule has 2 aliphatic heterocycles. The van der Waals surface area contributed by atoms with Crippen molar-refractivity contribution in [2.45, 2.75) is 70.7 Å². The van der Waals surface area contributed by atoms with E-state index in [2.05, 4.69) is 10.6 Å². The van der Waals surface area contributed by atoms with Crippen molar-refractivity contribution in [2.75, 3.05) is 13.1 Å². The van der Waals surface area contributed by atoms with Crippen LogP contribution in [0.2, 0.25) is 0 Å². The second-order valence-electron chi connectivity index (χ2n) is 9.25. The molecule has 32 heavy (non-hydrogen) atoms. The van der Waals surface area contributed by atoms with Gasteiger partial charge in [0.1, 0.15) is 11.6 Å². The molecule has 2 aliphatic rings. The number of piperidine rings is 1. The SMILES string of the molecule is CC(C)(C)OC(=O)NC1CCN(C(=O)CC[C@H]2NC(=O)N(Cc3ccccc3)C2=O)CC1. The number of benzene rings is 1. The largest absolute Gasteiger partial charge is 0.444 e. The molecule has 2 saturated heterocycles.